The zero-order valence-electron chi connectivity index (χ0n) is 24.6. The third-order valence-electron chi connectivity index (χ3n) is 7.85. The summed E-state index contributed by atoms with van der Waals surface area (Å²) in [5, 5.41) is 0. The van der Waals surface area contributed by atoms with Crippen molar-refractivity contribution >= 4 is 0 Å². The highest BCUT2D eigenvalue weighted by Crippen LogP contribution is 2.14. The molecule has 1 rings (SSSR count). The van der Waals surface area contributed by atoms with Gasteiger partial charge in [0.05, 0.1) is 13.1 Å². The molecule has 1 aromatic rings. The van der Waals surface area contributed by atoms with Crippen molar-refractivity contribution in [1.29, 1.82) is 0 Å². The first kappa shape index (κ1) is 32.2. The normalized spacial score (nSPS) is 11.5. The lowest BCUT2D eigenvalue weighted by atomic mass is 10.0. The fourth-order valence-corrected chi connectivity index (χ4v) is 5.44. The van der Waals surface area contributed by atoms with Crippen molar-refractivity contribution in [2.75, 3.05) is 0 Å². The highest BCUT2D eigenvalue weighted by atomic mass is 15.1. The minimum atomic E-state index is 1.21. The number of nitrogens with zero attached hydrogens (tertiary/aromatic N) is 2. The summed E-state index contributed by atoms with van der Waals surface area (Å²) in [6, 6.07) is 0. The summed E-state index contributed by atoms with van der Waals surface area (Å²) in [6.45, 7) is 9.37. The maximum absolute atomic E-state index is 2.60. The number of hydrogen-bond donors (Lipinski definition) is 0. The van der Waals surface area contributed by atoms with E-state index in [9.17, 15) is 0 Å². The molecule has 0 unspecified atom stereocenters. The summed E-state index contributed by atoms with van der Waals surface area (Å²) in [6.07, 6.45) is 40.0. The molecule has 206 valence electrons. The fourth-order valence-electron chi connectivity index (χ4n) is 5.44. The second kappa shape index (κ2) is 24.9. The first-order chi connectivity index (χ1) is 17.3. The van der Waals surface area contributed by atoms with E-state index in [-0.39, 0.29) is 0 Å². The average Bonchev–Trinajstić information content (AvgIpc) is 3.25. The Labute approximate surface area is 221 Å². The van der Waals surface area contributed by atoms with Gasteiger partial charge >= 0.3 is 0 Å². The van der Waals surface area contributed by atoms with E-state index in [2.05, 4.69) is 42.3 Å². The van der Waals surface area contributed by atoms with Gasteiger partial charge in [-0.15, -0.1) is 0 Å². The van der Waals surface area contributed by atoms with Gasteiger partial charge in [0.1, 0.15) is 12.4 Å². The molecule has 0 radical (unpaired) electrons. The van der Waals surface area contributed by atoms with Crippen LogP contribution in [-0.4, -0.2) is 4.57 Å². The zero-order chi connectivity index (χ0) is 25.2. The van der Waals surface area contributed by atoms with Crippen LogP contribution >= 0.6 is 0 Å². The van der Waals surface area contributed by atoms with Gasteiger partial charge in [0.2, 0.25) is 0 Å². The molecule has 1 heterocycles. The number of aryl methyl sites for hydroxylation is 2. The Balaban J connectivity index is 2.23. The monoisotopic (exact) mass is 490 g/mol. The third kappa shape index (κ3) is 18.2. The van der Waals surface area contributed by atoms with E-state index in [4.69, 9.17) is 0 Å². The molecule has 0 saturated carbocycles. The molecule has 0 bridgehead atoms. The van der Waals surface area contributed by atoms with Crippen molar-refractivity contribution < 1.29 is 4.57 Å². The predicted octanol–water partition coefficient (Wildman–Crippen LogP) is 10.7. The van der Waals surface area contributed by atoms with E-state index >= 15 is 0 Å². The van der Waals surface area contributed by atoms with E-state index in [0.717, 1.165) is 0 Å². The molecule has 2 heteroatoms. The Morgan fingerprint density at radius 2 is 0.886 bits per heavy atom. The van der Waals surface area contributed by atoms with Crippen LogP contribution in [0.2, 0.25) is 0 Å². The highest BCUT2D eigenvalue weighted by molar-refractivity contribution is 4.84. The van der Waals surface area contributed by atoms with Crippen molar-refractivity contribution in [3.8, 4) is 0 Å². The Morgan fingerprint density at radius 1 is 0.486 bits per heavy atom. The largest absolute Gasteiger partial charge is 0.256 e. The average molecular weight is 490 g/mol. The molecule has 0 spiro atoms. The molecule has 35 heavy (non-hydrogen) atoms. The van der Waals surface area contributed by atoms with Gasteiger partial charge in [-0.1, -0.05) is 143 Å². The predicted molar refractivity (Wildman–Crippen MR) is 156 cm³/mol. The van der Waals surface area contributed by atoms with Crippen LogP contribution in [0.15, 0.2) is 12.4 Å². The summed E-state index contributed by atoms with van der Waals surface area (Å²) in [4.78, 5) is 0. The lowest BCUT2D eigenvalue weighted by Crippen LogP contribution is -2.37. The topological polar surface area (TPSA) is 8.81 Å². The molecule has 1 aromatic heterocycles. The molecule has 0 aromatic carbocycles. The van der Waals surface area contributed by atoms with Crippen LogP contribution in [-0.2, 0) is 19.5 Å². The molecule has 2 nitrogen and oxygen atoms in total. The van der Waals surface area contributed by atoms with Crippen LogP contribution < -0.4 is 4.57 Å². The molecule has 0 fully saturated rings. The van der Waals surface area contributed by atoms with E-state index in [1.807, 2.05) is 0 Å². The Bertz CT molecular complexity index is 547. The standard InChI is InChI=1S/C33H65N2/c1-4-7-10-12-14-16-17-18-19-21-23-25-28-33-34(29-26-9-6-3)31-32-35(33)30-27-24-22-20-15-13-11-8-5-2/h31-32H,4-30H2,1-3H3/q+1. The van der Waals surface area contributed by atoms with Crippen molar-refractivity contribution in [3.63, 3.8) is 0 Å². The Hall–Kier alpha value is -0.790. The molecule has 0 atom stereocenters. The van der Waals surface area contributed by atoms with Crippen LogP contribution in [0.3, 0.4) is 0 Å². The molecule has 0 aliphatic heterocycles. The van der Waals surface area contributed by atoms with Crippen LogP contribution in [0, 0.1) is 0 Å². The highest BCUT2D eigenvalue weighted by Gasteiger charge is 2.16. The zero-order valence-corrected chi connectivity index (χ0v) is 24.6. The van der Waals surface area contributed by atoms with Crippen molar-refractivity contribution in [1.82, 2.24) is 4.57 Å². The van der Waals surface area contributed by atoms with Gasteiger partial charge in [0.15, 0.2) is 0 Å². The van der Waals surface area contributed by atoms with Gasteiger partial charge in [0, 0.05) is 6.42 Å². The summed E-state index contributed by atoms with van der Waals surface area (Å²) >= 11 is 0. The van der Waals surface area contributed by atoms with E-state index in [0.29, 0.717) is 0 Å². The van der Waals surface area contributed by atoms with Crippen molar-refractivity contribution in [2.45, 2.75) is 194 Å². The minimum absolute atomic E-state index is 1.21. The van der Waals surface area contributed by atoms with E-state index < -0.39 is 0 Å². The number of rotatable bonds is 27. The van der Waals surface area contributed by atoms with Crippen molar-refractivity contribution in [2.24, 2.45) is 0 Å². The van der Waals surface area contributed by atoms with Gasteiger partial charge in [-0.3, -0.25) is 0 Å². The number of aromatic nitrogens is 2. The summed E-state index contributed by atoms with van der Waals surface area (Å²) in [5.74, 6) is 1.60. The smallest absolute Gasteiger partial charge is 0.234 e. The van der Waals surface area contributed by atoms with Crippen LogP contribution in [0.5, 0.6) is 0 Å². The fraction of sp³-hybridized carbons (Fsp3) is 0.909. The van der Waals surface area contributed by atoms with E-state index in [1.54, 1.807) is 5.82 Å². The summed E-state index contributed by atoms with van der Waals surface area (Å²) in [7, 11) is 0. The SMILES string of the molecule is CCCCCCCCCCCCCCc1n(CCCCCCCCCCC)cc[n+]1CCCCC. The first-order valence-corrected chi connectivity index (χ1v) is 16.4. The molecule has 0 N–H and O–H groups in total. The Morgan fingerprint density at radius 3 is 1.37 bits per heavy atom. The molecular weight excluding hydrogens is 424 g/mol. The lowest BCUT2D eigenvalue weighted by Gasteiger charge is -2.07. The number of hydrogen-bond acceptors (Lipinski definition) is 0. The van der Waals surface area contributed by atoms with Crippen LogP contribution in [0.4, 0.5) is 0 Å². The van der Waals surface area contributed by atoms with Crippen LogP contribution in [0.1, 0.15) is 181 Å². The number of imidazole rings is 1. The number of unbranched alkanes of at least 4 members (excludes halogenated alkanes) is 21. The van der Waals surface area contributed by atoms with Gasteiger partial charge in [0.25, 0.3) is 5.82 Å². The van der Waals surface area contributed by atoms with Crippen LogP contribution in [0.25, 0.3) is 0 Å². The molecular formula is C33H65N2+. The Kier molecular flexibility index (Phi) is 22.9. The second-order valence-corrected chi connectivity index (χ2v) is 11.3. The van der Waals surface area contributed by atoms with Gasteiger partial charge in [-0.05, 0) is 32.1 Å². The maximum atomic E-state index is 2.60. The molecule has 0 aliphatic carbocycles. The van der Waals surface area contributed by atoms with Crippen molar-refractivity contribution in [3.05, 3.63) is 18.2 Å². The van der Waals surface area contributed by atoms with Gasteiger partial charge < -0.3 is 0 Å². The van der Waals surface area contributed by atoms with E-state index in [1.165, 1.54) is 174 Å². The van der Waals surface area contributed by atoms with Gasteiger partial charge in [-0.25, -0.2) is 9.13 Å². The molecule has 0 saturated heterocycles. The first-order valence-electron chi connectivity index (χ1n) is 16.4. The van der Waals surface area contributed by atoms with Gasteiger partial charge in [-0.2, -0.15) is 0 Å². The summed E-state index contributed by atoms with van der Waals surface area (Å²) in [5.41, 5.74) is 0. The second-order valence-electron chi connectivity index (χ2n) is 11.3. The summed E-state index contributed by atoms with van der Waals surface area (Å²) < 4.78 is 5.19. The maximum Gasteiger partial charge on any atom is 0.256 e. The molecule has 0 amide bonds. The lowest BCUT2D eigenvalue weighted by molar-refractivity contribution is -0.704. The molecule has 0 aliphatic rings. The third-order valence-corrected chi connectivity index (χ3v) is 7.85. The quantitative estimate of drug-likeness (QED) is 0.0858. The minimum Gasteiger partial charge on any atom is -0.234 e.